The molecule has 0 saturated heterocycles. The number of oxazole rings is 1. The van der Waals surface area contributed by atoms with Gasteiger partial charge in [0.15, 0.2) is 5.58 Å². The summed E-state index contributed by atoms with van der Waals surface area (Å²) in [7, 11) is 0. The van der Waals surface area contributed by atoms with Crippen LogP contribution in [-0.2, 0) is 0 Å². The lowest BCUT2D eigenvalue weighted by molar-refractivity contribution is -0.394. The van der Waals surface area contributed by atoms with Gasteiger partial charge in [0.1, 0.15) is 17.1 Å². The third kappa shape index (κ3) is 5.25. The molecule has 188 valence electrons. The molecular weight excluding hydrogens is 563 g/mol. The minimum Gasteiger partial charge on any atom is -0.449 e. The van der Waals surface area contributed by atoms with Gasteiger partial charge in [0, 0.05) is 17.8 Å². The van der Waals surface area contributed by atoms with Crippen LogP contribution in [0, 0.1) is 26.0 Å². The Morgan fingerprint density at radius 2 is 1.68 bits per heavy atom. The summed E-state index contributed by atoms with van der Waals surface area (Å²) in [6.07, 6.45) is 1.62. The summed E-state index contributed by atoms with van der Waals surface area (Å²) in [5, 5.41) is 22.3. The predicted octanol–water partition coefficient (Wildman–Crippen LogP) is 7.76. The van der Waals surface area contributed by atoms with Gasteiger partial charge in [-0.2, -0.15) is 0 Å². The van der Waals surface area contributed by atoms with E-state index in [-0.39, 0.29) is 17.3 Å². The van der Waals surface area contributed by atoms with Crippen LogP contribution < -0.4 is 4.74 Å². The number of nitrogens with zero attached hydrogens (tertiary/aromatic N) is 4. The van der Waals surface area contributed by atoms with E-state index in [1.165, 1.54) is 18.2 Å². The van der Waals surface area contributed by atoms with Gasteiger partial charge in [0.05, 0.1) is 26.1 Å². The van der Waals surface area contributed by atoms with Crippen LogP contribution in [0.25, 0.3) is 22.6 Å². The second kappa shape index (κ2) is 10.2. The number of aliphatic imine (C=N–C) groups is 1. The molecule has 0 atom stereocenters. The Labute approximate surface area is 221 Å². The van der Waals surface area contributed by atoms with Crippen LogP contribution in [0.5, 0.6) is 11.5 Å². The number of nitro benzene ring substituents is 2. The van der Waals surface area contributed by atoms with Gasteiger partial charge in [-0.25, -0.2) is 9.37 Å². The van der Waals surface area contributed by atoms with E-state index in [2.05, 4.69) is 25.9 Å². The molecule has 0 amide bonds. The van der Waals surface area contributed by atoms with E-state index in [4.69, 9.17) is 9.15 Å². The lowest BCUT2D eigenvalue weighted by atomic mass is 10.2. The Kier molecular flexibility index (Phi) is 6.62. The number of non-ortho nitro benzene ring substituents is 1. The molecule has 1 aromatic heterocycles. The zero-order chi connectivity index (χ0) is 26.8. The number of benzene rings is 4. The fourth-order valence-electron chi connectivity index (χ4n) is 3.51. The van der Waals surface area contributed by atoms with Gasteiger partial charge in [-0.1, -0.05) is 0 Å². The van der Waals surface area contributed by atoms with Gasteiger partial charge < -0.3 is 9.15 Å². The van der Waals surface area contributed by atoms with Crippen molar-refractivity contribution < 1.29 is 23.4 Å². The quantitative estimate of drug-likeness (QED) is 0.110. The first-order valence-electron chi connectivity index (χ1n) is 10.9. The van der Waals surface area contributed by atoms with E-state index >= 15 is 0 Å². The Balaban J connectivity index is 1.35. The average Bonchev–Trinajstić information content (AvgIpc) is 3.32. The molecule has 1 heterocycles. The number of nitro groups is 2. The van der Waals surface area contributed by atoms with Crippen LogP contribution in [0.4, 0.5) is 21.5 Å². The summed E-state index contributed by atoms with van der Waals surface area (Å²) in [6.45, 7) is 0. The maximum atomic E-state index is 13.2. The Hall–Kier alpha value is -4.97. The van der Waals surface area contributed by atoms with Crippen molar-refractivity contribution in [1.82, 2.24) is 4.98 Å². The second-order valence-corrected chi connectivity index (χ2v) is 8.75. The van der Waals surface area contributed by atoms with Crippen molar-refractivity contribution in [3.05, 3.63) is 115 Å². The smallest absolute Gasteiger partial charge is 0.318 e. The van der Waals surface area contributed by atoms with Gasteiger partial charge in [-0.15, -0.1) is 0 Å². The molecule has 38 heavy (non-hydrogen) atoms. The predicted molar refractivity (Wildman–Crippen MR) is 141 cm³/mol. The first kappa shape index (κ1) is 24.7. The van der Waals surface area contributed by atoms with Crippen LogP contribution in [0.1, 0.15) is 5.56 Å². The van der Waals surface area contributed by atoms with Crippen molar-refractivity contribution in [3.8, 4) is 23.0 Å². The third-order valence-electron chi connectivity index (χ3n) is 5.35. The van der Waals surface area contributed by atoms with Crippen LogP contribution in [0.3, 0.4) is 0 Å². The molecule has 12 heteroatoms. The largest absolute Gasteiger partial charge is 0.449 e. The highest BCUT2D eigenvalue weighted by molar-refractivity contribution is 9.10. The maximum absolute atomic E-state index is 13.2. The number of ether oxygens (including phenoxy) is 1. The SMILES string of the molecule is O=[N+]([O-])c1ccc(Oc2ccc(C=Nc3ccc4oc(-c5ccc(F)cc5)nc4c3)cc2Br)c([N+](=O)[O-])c1. The van der Waals surface area contributed by atoms with Crippen molar-refractivity contribution in [2.45, 2.75) is 0 Å². The monoisotopic (exact) mass is 576 g/mol. The van der Waals surface area contributed by atoms with Crippen molar-refractivity contribution in [2.24, 2.45) is 4.99 Å². The number of halogens is 2. The topological polar surface area (TPSA) is 134 Å². The molecule has 0 fully saturated rings. The van der Waals surface area contributed by atoms with Crippen molar-refractivity contribution in [1.29, 1.82) is 0 Å². The van der Waals surface area contributed by atoms with Gasteiger partial charge in [0.2, 0.25) is 11.6 Å². The maximum Gasteiger partial charge on any atom is 0.318 e. The van der Waals surface area contributed by atoms with Crippen molar-refractivity contribution >= 4 is 50.3 Å². The molecule has 0 radical (unpaired) electrons. The molecule has 0 saturated carbocycles. The van der Waals surface area contributed by atoms with Gasteiger partial charge >= 0.3 is 5.69 Å². The van der Waals surface area contributed by atoms with Gasteiger partial charge in [-0.3, -0.25) is 25.2 Å². The zero-order valence-electron chi connectivity index (χ0n) is 19.1. The number of rotatable bonds is 7. The molecule has 4 aromatic carbocycles. The number of aromatic nitrogens is 1. The first-order chi connectivity index (χ1) is 18.3. The van der Waals surface area contributed by atoms with Crippen LogP contribution in [-0.4, -0.2) is 21.0 Å². The summed E-state index contributed by atoms with van der Waals surface area (Å²) in [6, 6.07) is 19.3. The van der Waals surface area contributed by atoms with Crippen molar-refractivity contribution in [2.75, 3.05) is 0 Å². The Morgan fingerprint density at radius 1 is 0.921 bits per heavy atom. The Morgan fingerprint density at radius 3 is 2.39 bits per heavy atom. The molecule has 0 aliphatic heterocycles. The summed E-state index contributed by atoms with van der Waals surface area (Å²) in [5.41, 5.74) is 2.19. The Bertz CT molecular complexity index is 1740. The molecular formula is C26H14BrFN4O6. The van der Waals surface area contributed by atoms with Crippen LogP contribution in [0.2, 0.25) is 0 Å². The van der Waals surface area contributed by atoms with Gasteiger partial charge in [-0.05, 0) is 88.2 Å². The highest BCUT2D eigenvalue weighted by Crippen LogP contribution is 2.37. The molecule has 0 aliphatic rings. The summed E-state index contributed by atoms with van der Waals surface area (Å²) in [5.74, 6) is 0.161. The highest BCUT2D eigenvalue weighted by Gasteiger charge is 2.21. The second-order valence-electron chi connectivity index (χ2n) is 7.89. The molecule has 0 bridgehead atoms. The van der Waals surface area contributed by atoms with Crippen LogP contribution >= 0.6 is 15.9 Å². The van der Waals surface area contributed by atoms with Crippen molar-refractivity contribution in [3.63, 3.8) is 0 Å². The van der Waals surface area contributed by atoms with E-state index in [1.54, 1.807) is 54.7 Å². The zero-order valence-corrected chi connectivity index (χ0v) is 20.7. The summed E-state index contributed by atoms with van der Waals surface area (Å²) >= 11 is 3.38. The molecule has 0 unspecified atom stereocenters. The molecule has 5 aromatic rings. The van der Waals surface area contributed by atoms with E-state index in [0.29, 0.717) is 38.3 Å². The highest BCUT2D eigenvalue weighted by atomic mass is 79.9. The normalized spacial score (nSPS) is 11.2. The molecule has 0 aliphatic carbocycles. The number of fused-ring (bicyclic) bond motifs is 1. The van der Waals surface area contributed by atoms with E-state index in [9.17, 15) is 24.6 Å². The molecule has 0 N–H and O–H groups in total. The van der Waals surface area contributed by atoms with E-state index in [0.717, 1.165) is 12.1 Å². The average molecular weight is 577 g/mol. The molecule has 0 spiro atoms. The summed E-state index contributed by atoms with van der Waals surface area (Å²) < 4.78 is 25.1. The van der Waals surface area contributed by atoms with E-state index in [1.807, 2.05) is 0 Å². The minimum absolute atomic E-state index is 0.136. The fraction of sp³-hybridized carbons (Fsp3) is 0. The standard InChI is InChI=1S/C26H14BrFN4O6/c27-20-11-15(1-8-23(20)37-25-10-7-19(31(33)34)13-22(25)32(35)36)14-29-18-6-9-24-21(12-18)30-26(38-24)16-2-4-17(28)5-3-16/h1-14H. The minimum atomic E-state index is -0.744. The lowest BCUT2D eigenvalue weighted by Crippen LogP contribution is -1.96. The number of hydrogen-bond acceptors (Lipinski definition) is 8. The van der Waals surface area contributed by atoms with Gasteiger partial charge in [0.25, 0.3) is 5.69 Å². The lowest BCUT2D eigenvalue weighted by Gasteiger charge is -2.08. The molecule has 5 rings (SSSR count). The fourth-order valence-corrected chi connectivity index (χ4v) is 3.99. The first-order valence-corrected chi connectivity index (χ1v) is 11.7. The van der Waals surface area contributed by atoms with Crippen LogP contribution in [0.15, 0.2) is 92.7 Å². The summed E-state index contributed by atoms with van der Waals surface area (Å²) in [4.78, 5) is 29.8. The van der Waals surface area contributed by atoms with E-state index < -0.39 is 21.2 Å². The molecule has 10 nitrogen and oxygen atoms in total. The number of hydrogen-bond donors (Lipinski definition) is 0. The third-order valence-corrected chi connectivity index (χ3v) is 5.97.